The van der Waals surface area contributed by atoms with Crippen LogP contribution in [0.15, 0.2) is 18.2 Å². The van der Waals surface area contributed by atoms with Crippen LogP contribution in [0, 0.1) is 6.92 Å². The van der Waals surface area contributed by atoms with Crippen LogP contribution in [0.3, 0.4) is 0 Å². The lowest BCUT2D eigenvalue weighted by Gasteiger charge is -2.32. The van der Waals surface area contributed by atoms with E-state index in [1.54, 1.807) is 0 Å². The fraction of sp³-hybridized carbons (Fsp3) is 0.600. The van der Waals surface area contributed by atoms with Gasteiger partial charge in [0.15, 0.2) is 0 Å². The lowest BCUT2D eigenvalue weighted by molar-refractivity contribution is 0.579. The van der Waals surface area contributed by atoms with Gasteiger partial charge < -0.3 is 10.2 Å². The van der Waals surface area contributed by atoms with Gasteiger partial charge in [-0.25, -0.2) is 0 Å². The number of nitrogens with one attached hydrogen (secondary N) is 1. The van der Waals surface area contributed by atoms with Gasteiger partial charge in [-0.15, -0.1) is 0 Å². The maximum atomic E-state index is 3.41. The summed E-state index contributed by atoms with van der Waals surface area (Å²) < 4.78 is 0. The van der Waals surface area contributed by atoms with Crippen LogP contribution < -0.4 is 10.2 Å². The number of nitrogens with zero attached hydrogens (tertiary/aromatic N) is 1. The smallest absolute Gasteiger partial charge is 0.0399 e. The molecular formula is C15H24N2. The van der Waals surface area contributed by atoms with Crippen LogP contribution in [0.5, 0.6) is 0 Å². The molecule has 0 bridgehead atoms. The average Bonchev–Trinajstić information content (AvgIpc) is 2.29. The number of piperazine rings is 1. The van der Waals surface area contributed by atoms with Gasteiger partial charge in [0.1, 0.15) is 0 Å². The average molecular weight is 232 g/mol. The van der Waals surface area contributed by atoms with Crippen molar-refractivity contribution in [3.63, 3.8) is 0 Å². The molecule has 1 aliphatic heterocycles. The third kappa shape index (κ3) is 2.81. The predicted molar refractivity (Wildman–Crippen MR) is 75.0 cm³/mol. The lowest BCUT2D eigenvalue weighted by atomic mass is 9.86. The molecule has 0 unspecified atom stereocenters. The highest BCUT2D eigenvalue weighted by molar-refractivity contribution is 5.56. The molecule has 1 N–H and O–H groups in total. The van der Waals surface area contributed by atoms with E-state index < -0.39 is 0 Å². The molecule has 1 aromatic carbocycles. The fourth-order valence-corrected chi connectivity index (χ4v) is 2.32. The first kappa shape index (κ1) is 12.4. The molecule has 1 saturated heterocycles. The molecule has 0 aromatic heterocycles. The highest BCUT2D eigenvalue weighted by Crippen LogP contribution is 2.29. The van der Waals surface area contributed by atoms with Crippen molar-refractivity contribution in [2.75, 3.05) is 31.1 Å². The molecule has 17 heavy (non-hydrogen) atoms. The molecule has 0 aliphatic carbocycles. The zero-order chi connectivity index (χ0) is 12.5. The highest BCUT2D eigenvalue weighted by Gasteiger charge is 2.18. The summed E-state index contributed by atoms with van der Waals surface area (Å²) in [5, 5.41) is 3.41. The molecule has 0 spiro atoms. The van der Waals surface area contributed by atoms with Crippen molar-refractivity contribution < 1.29 is 0 Å². The molecule has 2 heteroatoms. The lowest BCUT2D eigenvalue weighted by Crippen LogP contribution is -2.43. The van der Waals surface area contributed by atoms with E-state index in [-0.39, 0.29) is 5.41 Å². The van der Waals surface area contributed by atoms with Gasteiger partial charge in [-0.3, -0.25) is 0 Å². The molecule has 1 heterocycles. The maximum absolute atomic E-state index is 3.41. The van der Waals surface area contributed by atoms with Crippen LogP contribution in [0.4, 0.5) is 5.69 Å². The van der Waals surface area contributed by atoms with E-state index in [0.29, 0.717) is 0 Å². The first-order valence-electron chi connectivity index (χ1n) is 6.55. The molecular weight excluding hydrogens is 208 g/mol. The van der Waals surface area contributed by atoms with E-state index in [1.165, 1.54) is 16.8 Å². The summed E-state index contributed by atoms with van der Waals surface area (Å²) in [6.07, 6.45) is 0. The Bertz CT molecular complexity index is 384. The Hall–Kier alpha value is -1.02. The third-order valence-corrected chi connectivity index (χ3v) is 3.53. The standard InChI is InChI=1S/C15H24N2/c1-12-5-6-13(15(2,3)4)11-14(12)17-9-7-16-8-10-17/h5-6,11,16H,7-10H2,1-4H3. The second kappa shape index (κ2) is 4.69. The third-order valence-electron chi connectivity index (χ3n) is 3.53. The second-order valence-electron chi connectivity index (χ2n) is 5.99. The molecule has 0 amide bonds. The van der Waals surface area contributed by atoms with Gasteiger partial charge in [-0.1, -0.05) is 32.9 Å². The maximum Gasteiger partial charge on any atom is 0.0399 e. The minimum Gasteiger partial charge on any atom is -0.369 e. The van der Waals surface area contributed by atoms with Gasteiger partial charge in [-0.05, 0) is 29.5 Å². The van der Waals surface area contributed by atoms with E-state index in [4.69, 9.17) is 0 Å². The number of anilines is 1. The first-order valence-corrected chi connectivity index (χ1v) is 6.55. The van der Waals surface area contributed by atoms with Crippen LogP contribution in [0.25, 0.3) is 0 Å². The molecule has 1 fully saturated rings. The predicted octanol–water partition coefficient (Wildman–Crippen LogP) is 2.70. The second-order valence-corrected chi connectivity index (χ2v) is 5.99. The number of hydrogen-bond acceptors (Lipinski definition) is 2. The van der Waals surface area contributed by atoms with Crippen LogP contribution in [-0.4, -0.2) is 26.2 Å². The van der Waals surface area contributed by atoms with Crippen LogP contribution in [-0.2, 0) is 5.41 Å². The van der Waals surface area contributed by atoms with Crippen LogP contribution in [0.1, 0.15) is 31.9 Å². The first-order chi connectivity index (χ1) is 7.98. The Labute approximate surface area is 105 Å². The van der Waals surface area contributed by atoms with Crippen molar-refractivity contribution in [1.29, 1.82) is 0 Å². The van der Waals surface area contributed by atoms with E-state index in [9.17, 15) is 0 Å². The Morgan fingerprint density at radius 1 is 1.12 bits per heavy atom. The monoisotopic (exact) mass is 232 g/mol. The Morgan fingerprint density at radius 2 is 1.76 bits per heavy atom. The van der Waals surface area contributed by atoms with E-state index >= 15 is 0 Å². The van der Waals surface area contributed by atoms with Gasteiger partial charge in [0.05, 0.1) is 0 Å². The van der Waals surface area contributed by atoms with Gasteiger partial charge in [-0.2, -0.15) is 0 Å². The van der Waals surface area contributed by atoms with Crippen molar-refractivity contribution in [1.82, 2.24) is 5.32 Å². The SMILES string of the molecule is Cc1ccc(C(C)(C)C)cc1N1CCNCC1. The van der Waals surface area contributed by atoms with Crippen LogP contribution in [0.2, 0.25) is 0 Å². The summed E-state index contributed by atoms with van der Waals surface area (Å²) in [6.45, 7) is 13.5. The summed E-state index contributed by atoms with van der Waals surface area (Å²) in [6, 6.07) is 6.90. The van der Waals surface area contributed by atoms with Gasteiger partial charge >= 0.3 is 0 Å². The minimum absolute atomic E-state index is 0.233. The van der Waals surface area contributed by atoms with E-state index in [2.05, 4.69) is 56.1 Å². The van der Waals surface area contributed by atoms with E-state index in [1.807, 2.05) is 0 Å². The van der Waals surface area contributed by atoms with Crippen molar-refractivity contribution in [2.24, 2.45) is 0 Å². The zero-order valence-electron chi connectivity index (χ0n) is 11.5. The molecule has 94 valence electrons. The number of rotatable bonds is 1. The highest BCUT2D eigenvalue weighted by atomic mass is 15.2. The van der Waals surface area contributed by atoms with Gasteiger partial charge in [0.2, 0.25) is 0 Å². The molecule has 0 saturated carbocycles. The fourth-order valence-electron chi connectivity index (χ4n) is 2.32. The Balaban J connectivity index is 2.31. The van der Waals surface area contributed by atoms with Gasteiger partial charge in [0.25, 0.3) is 0 Å². The minimum atomic E-state index is 0.233. The molecule has 0 radical (unpaired) electrons. The van der Waals surface area contributed by atoms with Gasteiger partial charge in [0, 0.05) is 31.9 Å². The Morgan fingerprint density at radius 3 is 2.35 bits per heavy atom. The molecule has 0 atom stereocenters. The quantitative estimate of drug-likeness (QED) is 0.801. The summed E-state index contributed by atoms with van der Waals surface area (Å²) in [5.74, 6) is 0. The van der Waals surface area contributed by atoms with Crippen molar-refractivity contribution in [2.45, 2.75) is 33.1 Å². The normalized spacial score (nSPS) is 17.3. The number of benzene rings is 1. The van der Waals surface area contributed by atoms with Crippen molar-refractivity contribution in [3.05, 3.63) is 29.3 Å². The largest absolute Gasteiger partial charge is 0.369 e. The van der Waals surface area contributed by atoms with Crippen molar-refractivity contribution in [3.8, 4) is 0 Å². The molecule has 2 nitrogen and oxygen atoms in total. The number of aryl methyl sites for hydroxylation is 1. The molecule has 1 aliphatic rings. The van der Waals surface area contributed by atoms with E-state index in [0.717, 1.165) is 26.2 Å². The number of hydrogen-bond donors (Lipinski definition) is 1. The van der Waals surface area contributed by atoms with Crippen molar-refractivity contribution >= 4 is 5.69 Å². The van der Waals surface area contributed by atoms with Crippen LogP contribution >= 0.6 is 0 Å². The summed E-state index contributed by atoms with van der Waals surface area (Å²) in [4.78, 5) is 2.50. The molecule has 2 rings (SSSR count). The summed E-state index contributed by atoms with van der Waals surface area (Å²) in [5.41, 5.74) is 4.46. The summed E-state index contributed by atoms with van der Waals surface area (Å²) in [7, 11) is 0. The Kier molecular flexibility index (Phi) is 3.43. The topological polar surface area (TPSA) is 15.3 Å². The molecule has 1 aromatic rings. The summed E-state index contributed by atoms with van der Waals surface area (Å²) >= 11 is 0. The zero-order valence-corrected chi connectivity index (χ0v) is 11.5.